The Hall–Kier alpha value is -1.30. The van der Waals surface area contributed by atoms with Crippen molar-refractivity contribution < 1.29 is 9.59 Å². The molecule has 0 bridgehead atoms. The number of hydrogen-bond donors (Lipinski definition) is 1. The largest absolute Gasteiger partial charge is 0.368 e. The van der Waals surface area contributed by atoms with E-state index in [-0.39, 0.29) is 24.0 Å². The molecule has 1 radical (unpaired) electrons. The maximum absolute atomic E-state index is 12.6. The molecule has 4 aliphatic rings. The molecule has 115 valence electrons. The fourth-order valence-electron chi connectivity index (χ4n) is 4.27. The first-order valence-corrected chi connectivity index (χ1v) is 8.12. The fourth-order valence-corrected chi connectivity index (χ4v) is 4.27. The summed E-state index contributed by atoms with van der Waals surface area (Å²) >= 11 is 0. The van der Waals surface area contributed by atoms with Crippen LogP contribution in [0.3, 0.4) is 0 Å². The smallest absolute Gasteiger partial charge is 0.321 e. The first-order chi connectivity index (χ1) is 10.2. The van der Waals surface area contributed by atoms with E-state index in [1.807, 2.05) is 4.90 Å². The molecule has 1 aliphatic carbocycles. The van der Waals surface area contributed by atoms with Crippen LogP contribution in [0.5, 0.6) is 0 Å². The van der Waals surface area contributed by atoms with Gasteiger partial charge in [-0.1, -0.05) is 0 Å². The molecule has 6 heteroatoms. The van der Waals surface area contributed by atoms with Crippen molar-refractivity contribution in [1.82, 2.24) is 14.7 Å². The predicted molar refractivity (Wildman–Crippen MR) is 77.2 cm³/mol. The van der Waals surface area contributed by atoms with Crippen molar-refractivity contribution in [3.63, 3.8) is 0 Å². The van der Waals surface area contributed by atoms with Gasteiger partial charge in [0.2, 0.25) is 5.91 Å². The van der Waals surface area contributed by atoms with Crippen LogP contribution in [0, 0.1) is 6.42 Å². The number of piperidine rings is 1. The number of likely N-dealkylation sites (tertiary alicyclic amines) is 1. The SMILES string of the molecule is NC(=O)C1[C@H]2[CH]CCN2C(=O)N1C1CCN(C2CC2)CC1. The van der Waals surface area contributed by atoms with E-state index in [4.69, 9.17) is 5.73 Å². The summed E-state index contributed by atoms with van der Waals surface area (Å²) in [6, 6.07) is 0.406. The quantitative estimate of drug-likeness (QED) is 0.806. The Kier molecular flexibility index (Phi) is 3.10. The minimum atomic E-state index is -0.461. The van der Waals surface area contributed by atoms with E-state index < -0.39 is 6.04 Å². The molecule has 1 unspecified atom stereocenters. The molecule has 3 amide bonds. The third-order valence-electron chi connectivity index (χ3n) is 5.48. The number of fused-ring (bicyclic) bond motifs is 1. The van der Waals surface area contributed by atoms with E-state index in [0.717, 1.165) is 44.9 Å². The third kappa shape index (κ3) is 2.11. The van der Waals surface area contributed by atoms with Gasteiger partial charge in [0.05, 0.1) is 6.04 Å². The molecular formula is C15H23N4O2. The van der Waals surface area contributed by atoms with Crippen molar-refractivity contribution >= 4 is 11.9 Å². The van der Waals surface area contributed by atoms with E-state index >= 15 is 0 Å². The summed E-state index contributed by atoms with van der Waals surface area (Å²) < 4.78 is 0. The molecule has 0 aromatic rings. The Labute approximate surface area is 125 Å². The number of primary amides is 1. The van der Waals surface area contributed by atoms with Gasteiger partial charge in [0, 0.05) is 31.7 Å². The van der Waals surface area contributed by atoms with Gasteiger partial charge in [0.1, 0.15) is 6.04 Å². The molecule has 2 atom stereocenters. The van der Waals surface area contributed by atoms with E-state index in [1.165, 1.54) is 12.8 Å². The zero-order valence-corrected chi connectivity index (χ0v) is 12.3. The molecule has 4 fully saturated rings. The Morgan fingerprint density at radius 3 is 2.43 bits per heavy atom. The number of rotatable bonds is 3. The summed E-state index contributed by atoms with van der Waals surface area (Å²) in [7, 11) is 0. The second kappa shape index (κ2) is 4.87. The van der Waals surface area contributed by atoms with Gasteiger partial charge < -0.3 is 20.4 Å². The van der Waals surface area contributed by atoms with Crippen LogP contribution in [0.15, 0.2) is 0 Å². The van der Waals surface area contributed by atoms with Crippen LogP contribution in [0.4, 0.5) is 4.79 Å². The highest BCUT2D eigenvalue weighted by molar-refractivity contribution is 5.91. The summed E-state index contributed by atoms with van der Waals surface area (Å²) in [5.41, 5.74) is 5.61. The van der Waals surface area contributed by atoms with E-state index in [1.54, 1.807) is 4.90 Å². The highest BCUT2D eigenvalue weighted by atomic mass is 16.2. The second-order valence-corrected chi connectivity index (χ2v) is 6.74. The minimum Gasteiger partial charge on any atom is -0.368 e. The minimum absolute atomic E-state index is 0.0161. The molecule has 2 N–H and O–H groups in total. The van der Waals surface area contributed by atoms with Crippen LogP contribution >= 0.6 is 0 Å². The zero-order valence-electron chi connectivity index (χ0n) is 12.3. The molecule has 21 heavy (non-hydrogen) atoms. The van der Waals surface area contributed by atoms with Crippen LogP contribution < -0.4 is 5.73 Å². The first-order valence-electron chi connectivity index (χ1n) is 8.12. The molecule has 3 saturated heterocycles. The third-order valence-corrected chi connectivity index (χ3v) is 5.48. The van der Waals surface area contributed by atoms with Crippen molar-refractivity contribution in [1.29, 1.82) is 0 Å². The van der Waals surface area contributed by atoms with Crippen molar-refractivity contribution in [3.05, 3.63) is 6.42 Å². The van der Waals surface area contributed by atoms with Crippen molar-refractivity contribution in [3.8, 4) is 0 Å². The first kappa shape index (κ1) is 13.4. The average molecular weight is 291 g/mol. The topological polar surface area (TPSA) is 69.9 Å². The standard InChI is InChI=1S/C15H23N4O2/c16-14(20)13-12-2-1-7-18(12)15(21)19(13)11-5-8-17(9-6-11)10-3-4-10/h2,10-13H,1,3-9H2,(H2,16,20)/t12-,13?/m1/s1. The lowest BCUT2D eigenvalue weighted by atomic mass is 9.98. The molecular weight excluding hydrogens is 268 g/mol. The van der Waals surface area contributed by atoms with Gasteiger partial charge in [-0.2, -0.15) is 0 Å². The Morgan fingerprint density at radius 1 is 1.10 bits per heavy atom. The van der Waals surface area contributed by atoms with Crippen LogP contribution in [-0.2, 0) is 4.79 Å². The van der Waals surface area contributed by atoms with Crippen LogP contribution in [0.25, 0.3) is 0 Å². The average Bonchev–Trinajstić information content (AvgIpc) is 3.14. The number of nitrogens with two attached hydrogens (primary N) is 1. The molecule has 0 spiro atoms. The zero-order chi connectivity index (χ0) is 14.6. The number of hydrogen-bond acceptors (Lipinski definition) is 3. The van der Waals surface area contributed by atoms with Gasteiger partial charge in [-0.3, -0.25) is 4.79 Å². The van der Waals surface area contributed by atoms with Gasteiger partial charge in [-0.25, -0.2) is 4.79 Å². The van der Waals surface area contributed by atoms with E-state index in [9.17, 15) is 9.59 Å². The predicted octanol–water partition coefficient (Wildman–Crippen LogP) is 0.181. The Balaban J connectivity index is 1.50. The Morgan fingerprint density at radius 2 is 1.81 bits per heavy atom. The normalized spacial score (nSPS) is 34.6. The maximum Gasteiger partial charge on any atom is 0.321 e. The van der Waals surface area contributed by atoms with Crippen LogP contribution in [0.1, 0.15) is 32.1 Å². The highest BCUT2D eigenvalue weighted by Crippen LogP contribution is 2.36. The molecule has 0 aromatic heterocycles. The Bertz CT molecular complexity index is 457. The van der Waals surface area contributed by atoms with Crippen LogP contribution in [-0.4, -0.2) is 70.4 Å². The highest BCUT2D eigenvalue weighted by Gasteiger charge is 2.53. The van der Waals surface area contributed by atoms with Gasteiger partial charge >= 0.3 is 6.03 Å². The van der Waals surface area contributed by atoms with Gasteiger partial charge in [0.25, 0.3) is 0 Å². The summed E-state index contributed by atoms with van der Waals surface area (Å²) in [5.74, 6) is -0.362. The summed E-state index contributed by atoms with van der Waals surface area (Å²) in [6.45, 7) is 2.81. The molecule has 6 nitrogen and oxygen atoms in total. The summed E-state index contributed by atoms with van der Waals surface area (Å²) in [4.78, 5) is 30.7. The number of carbonyl (C=O) groups is 2. The molecule has 3 heterocycles. The monoisotopic (exact) mass is 291 g/mol. The van der Waals surface area contributed by atoms with E-state index in [2.05, 4.69) is 11.3 Å². The number of amides is 3. The second-order valence-electron chi connectivity index (χ2n) is 6.74. The van der Waals surface area contributed by atoms with Gasteiger partial charge in [0.15, 0.2) is 0 Å². The lowest BCUT2D eigenvalue weighted by molar-refractivity contribution is -0.122. The maximum atomic E-state index is 12.6. The van der Waals surface area contributed by atoms with Gasteiger partial charge in [-0.15, -0.1) is 0 Å². The van der Waals surface area contributed by atoms with Crippen molar-refractivity contribution in [2.24, 2.45) is 5.73 Å². The number of nitrogens with zero attached hydrogens (tertiary/aromatic N) is 3. The number of carbonyl (C=O) groups excluding carboxylic acids is 2. The molecule has 3 aliphatic heterocycles. The molecule has 1 saturated carbocycles. The molecule has 0 aromatic carbocycles. The van der Waals surface area contributed by atoms with Crippen molar-refractivity contribution in [2.45, 2.75) is 56.3 Å². The molecule has 4 rings (SSSR count). The lowest BCUT2D eigenvalue weighted by Crippen LogP contribution is -2.54. The fraction of sp³-hybridized carbons (Fsp3) is 0.800. The van der Waals surface area contributed by atoms with E-state index in [0.29, 0.717) is 0 Å². The lowest BCUT2D eigenvalue weighted by Gasteiger charge is -2.38. The summed E-state index contributed by atoms with van der Waals surface area (Å²) in [6.07, 6.45) is 7.52. The van der Waals surface area contributed by atoms with Crippen LogP contribution in [0.2, 0.25) is 0 Å². The van der Waals surface area contributed by atoms with Gasteiger partial charge in [-0.05, 0) is 38.5 Å². The van der Waals surface area contributed by atoms with Crippen molar-refractivity contribution in [2.75, 3.05) is 19.6 Å². The summed E-state index contributed by atoms with van der Waals surface area (Å²) in [5, 5.41) is 0. The number of urea groups is 1.